The Kier molecular flexibility index (Phi) is 3.55. The van der Waals surface area contributed by atoms with Crippen molar-refractivity contribution in [1.29, 1.82) is 0 Å². The molecule has 0 aliphatic carbocycles. The second kappa shape index (κ2) is 4.70. The van der Waals surface area contributed by atoms with Crippen LogP contribution in [0.2, 0.25) is 0 Å². The standard InChI is InChI=1S/C12H13ClO4S/c1-18(2,17-13(14,15)16)12-9-5-7-10-6-3-4-8-11(10)12/h3-9H,1-2H3. The number of fused-ring (bicyclic) bond motifs is 1. The number of hydrogen-bond donors (Lipinski definition) is 0. The molecule has 0 unspecified atom stereocenters. The van der Waals surface area contributed by atoms with Crippen molar-refractivity contribution in [3.05, 3.63) is 42.5 Å². The number of halogens is 1. The van der Waals surface area contributed by atoms with Gasteiger partial charge in [0.2, 0.25) is 0 Å². The van der Waals surface area contributed by atoms with E-state index in [4.69, 9.17) is 3.74 Å². The van der Waals surface area contributed by atoms with Crippen LogP contribution in [0.25, 0.3) is 10.8 Å². The molecule has 0 aliphatic rings. The topological polar surface area (TPSA) is 78.4 Å². The Morgan fingerprint density at radius 1 is 0.944 bits per heavy atom. The maximum atomic E-state index is 10.8. The van der Waals surface area contributed by atoms with Gasteiger partial charge in [0.15, 0.2) is 0 Å². The molecular formula is C12H13ClO4S. The van der Waals surface area contributed by atoms with Crippen LogP contribution in [0.1, 0.15) is 0 Å². The van der Waals surface area contributed by atoms with Crippen LogP contribution < -0.4 is 14.0 Å². The third-order valence-corrected chi connectivity index (χ3v) is 5.81. The van der Waals surface area contributed by atoms with Gasteiger partial charge in [-0.05, 0) is 16.8 Å². The molecule has 0 amide bonds. The molecule has 2 aromatic carbocycles. The summed E-state index contributed by atoms with van der Waals surface area (Å²) >= 11 is 0. The minimum absolute atomic E-state index is 0.743. The van der Waals surface area contributed by atoms with E-state index in [-0.39, 0.29) is 0 Å². The first-order valence-electron chi connectivity index (χ1n) is 5.13. The molecule has 98 valence electrons. The molecule has 2 aromatic rings. The van der Waals surface area contributed by atoms with E-state index in [0.29, 0.717) is 0 Å². The summed E-state index contributed by atoms with van der Waals surface area (Å²) in [4.78, 5) is 0.743. The lowest BCUT2D eigenvalue weighted by Gasteiger charge is -2.27. The molecule has 18 heavy (non-hydrogen) atoms. The summed E-state index contributed by atoms with van der Waals surface area (Å²) in [5.74, 6) is 0. The Morgan fingerprint density at radius 2 is 1.56 bits per heavy atom. The molecule has 0 fully saturated rings. The van der Waals surface area contributed by atoms with E-state index >= 15 is 0 Å². The summed E-state index contributed by atoms with van der Waals surface area (Å²) in [6, 6.07) is 13.1. The van der Waals surface area contributed by atoms with Crippen LogP contribution in [0.3, 0.4) is 0 Å². The molecule has 0 atom stereocenters. The first kappa shape index (κ1) is 13.6. The summed E-state index contributed by atoms with van der Waals surface area (Å²) < 4.78 is 37.0. The Bertz CT molecular complexity index is 560. The molecule has 0 bridgehead atoms. The summed E-state index contributed by atoms with van der Waals surface area (Å²) in [7, 11) is -6.59. The van der Waals surface area contributed by atoms with Crippen molar-refractivity contribution in [3.8, 4) is 0 Å². The van der Waals surface area contributed by atoms with Crippen molar-refractivity contribution >= 4 is 21.1 Å². The lowest BCUT2D eigenvalue weighted by Crippen LogP contribution is -2.61. The summed E-state index contributed by atoms with van der Waals surface area (Å²) in [5.41, 5.74) is 0. The fraction of sp³-hybridized carbons (Fsp3) is 0.167. The highest BCUT2D eigenvalue weighted by atomic mass is 35.7. The molecule has 0 saturated carbocycles. The minimum atomic E-state index is -4.43. The number of benzene rings is 2. The van der Waals surface area contributed by atoms with E-state index in [9.17, 15) is 14.0 Å². The molecule has 0 heterocycles. The first-order chi connectivity index (χ1) is 8.30. The number of hydrogen-bond acceptors (Lipinski definition) is 4. The monoisotopic (exact) mass is 288 g/mol. The van der Waals surface area contributed by atoms with Crippen LogP contribution in [0.4, 0.5) is 0 Å². The van der Waals surface area contributed by atoms with E-state index in [1.54, 1.807) is 18.6 Å². The summed E-state index contributed by atoms with van der Waals surface area (Å²) in [5, 5.41) is 1.89. The third kappa shape index (κ3) is 2.95. The normalized spacial score (nSPS) is 13.8. The molecule has 4 nitrogen and oxygen atoms in total. The molecular weight excluding hydrogens is 276 g/mol. The van der Waals surface area contributed by atoms with Gasteiger partial charge in [-0.3, -0.25) is 0 Å². The van der Waals surface area contributed by atoms with Gasteiger partial charge in [-0.2, -0.15) is 14.0 Å². The van der Waals surface area contributed by atoms with Crippen LogP contribution in [0.5, 0.6) is 0 Å². The average molecular weight is 289 g/mol. The number of rotatable bonds is 3. The van der Waals surface area contributed by atoms with Gasteiger partial charge in [0.05, 0.1) is 10.2 Å². The largest absolute Gasteiger partial charge is 0.182 e. The van der Waals surface area contributed by atoms with E-state index in [2.05, 4.69) is 0 Å². The lowest BCUT2D eigenvalue weighted by molar-refractivity contribution is -1.91. The molecule has 0 spiro atoms. The zero-order valence-electron chi connectivity index (χ0n) is 9.96. The molecule has 0 N–H and O–H groups in total. The van der Waals surface area contributed by atoms with Gasteiger partial charge in [0, 0.05) is 27.7 Å². The van der Waals surface area contributed by atoms with Gasteiger partial charge in [-0.15, -0.1) is 0 Å². The average Bonchev–Trinajstić information content (AvgIpc) is 2.25. The third-order valence-electron chi connectivity index (χ3n) is 2.51. The zero-order valence-corrected chi connectivity index (χ0v) is 11.5. The van der Waals surface area contributed by atoms with Crippen LogP contribution in [-0.4, -0.2) is 12.5 Å². The Hall–Kier alpha value is -0.820. The second-order valence-corrected chi connectivity index (χ2v) is 8.32. The fourth-order valence-electron chi connectivity index (χ4n) is 1.85. The van der Waals surface area contributed by atoms with Crippen molar-refractivity contribution in [3.63, 3.8) is 0 Å². The maximum Gasteiger partial charge on any atom is 0.125 e. The van der Waals surface area contributed by atoms with Gasteiger partial charge in [-0.25, -0.2) is 0 Å². The predicted molar refractivity (Wildman–Crippen MR) is 62.7 cm³/mol. The van der Waals surface area contributed by atoms with E-state index in [1.165, 1.54) is 0 Å². The van der Waals surface area contributed by atoms with Crippen molar-refractivity contribution in [2.45, 2.75) is 4.90 Å². The molecule has 0 saturated heterocycles. The van der Waals surface area contributed by atoms with Crippen molar-refractivity contribution in [1.82, 2.24) is 0 Å². The molecule has 6 heteroatoms. The predicted octanol–water partition coefficient (Wildman–Crippen LogP) is 0.0918. The summed E-state index contributed by atoms with van der Waals surface area (Å²) in [6.45, 7) is 0. The van der Waals surface area contributed by atoms with Crippen LogP contribution in [0.15, 0.2) is 47.4 Å². The van der Waals surface area contributed by atoms with Crippen molar-refractivity contribution < 1.29 is 28.0 Å². The first-order valence-corrected chi connectivity index (χ1v) is 8.73. The van der Waals surface area contributed by atoms with Crippen LogP contribution in [-0.2, 0) is 3.74 Å². The Labute approximate surface area is 109 Å². The fourth-order valence-corrected chi connectivity index (χ4v) is 4.79. The molecule has 0 radical (unpaired) electrons. The van der Waals surface area contributed by atoms with E-state index in [0.717, 1.165) is 15.7 Å². The van der Waals surface area contributed by atoms with Gasteiger partial charge < -0.3 is 0 Å². The van der Waals surface area contributed by atoms with Gasteiger partial charge in [0.1, 0.15) is 3.74 Å². The van der Waals surface area contributed by atoms with E-state index in [1.807, 2.05) is 36.4 Å². The lowest BCUT2D eigenvalue weighted by atomic mass is 10.1. The Balaban J connectivity index is 2.53. The smallest absolute Gasteiger partial charge is 0.125 e. The Morgan fingerprint density at radius 3 is 2.22 bits per heavy atom. The summed E-state index contributed by atoms with van der Waals surface area (Å²) in [6.07, 6.45) is 3.27. The SMILES string of the molecule is CS(C)(O[Cl+3]([O-])([O-])[O-])c1cccc2ccccc12. The highest BCUT2D eigenvalue weighted by Crippen LogP contribution is 2.54. The van der Waals surface area contributed by atoms with E-state index < -0.39 is 20.6 Å². The van der Waals surface area contributed by atoms with Crippen molar-refractivity contribution in [2.24, 2.45) is 0 Å². The second-order valence-electron chi connectivity index (χ2n) is 4.15. The van der Waals surface area contributed by atoms with Crippen molar-refractivity contribution in [2.75, 3.05) is 12.5 Å². The maximum absolute atomic E-state index is 10.8. The van der Waals surface area contributed by atoms with Gasteiger partial charge in [-0.1, -0.05) is 36.4 Å². The van der Waals surface area contributed by atoms with Crippen LogP contribution >= 0.6 is 10.3 Å². The van der Waals surface area contributed by atoms with Gasteiger partial charge in [0.25, 0.3) is 0 Å². The van der Waals surface area contributed by atoms with Crippen LogP contribution in [0, 0.1) is 10.2 Å². The van der Waals surface area contributed by atoms with Gasteiger partial charge >= 0.3 is 0 Å². The molecule has 2 rings (SSSR count). The minimum Gasteiger partial charge on any atom is -0.182 e. The zero-order chi connectivity index (χ0) is 13.4. The molecule has 0 aromatic heterocycles. The highest BCUT2D eigenvalue weighted by Gasteiger charge is 2.34. The molecule has 0 aliphatic heterocycles. The quantitative estimate of drug-likeness (QED) is 0.802. The highest BCUT2D eigenvalue weighted by molar-refractivity contribution is 8.28.